The molecule has 0 saturated carbocycles. The molecule has 3 heterocycles. The molecule has 2 aliphatic rings. The minimum atomic E-state index is -0.0414. The number of ether oxygens (including phenoxy) is 1. The topological polar surface area (TPSA) is 60.2 Å². The van der Waals surface area contributed by atoms with Gasteiger partial charge in [-0.05, 0) is 12.2 Å². The summed E-state index contributed by atoms with van der Waals surface area (Å²) < 4.78 is 10.9. The summed E-state index contributed by atoms with van der Waals surface area (Å²) in [6.07, 6.45) is 1.11. The van der Waals surface area contributed by atoms with Gasteiger partial charge >= 0.3 is 0 Å². The zero-order chi connectivity index (χ0) is 10.8. The summed E-state index contributed by atoms with van der Waals surface area (Å²) >= 11 is 1.95. The van der Waals surface area contributed by atoms with E-state index in [-0.39, 0.29) is 6.10 Å². The van der Waals surface area contributed by atoms with Crippen LogP contribution in [0.5, 0.6) is 0 Å². The third-order valence-corrected chi connectivity index (χ3v) is 4.11. The van der Waals surface area contributed by atoms with Gasteiger partial charge < -0.3 is 14.6 Å². The highest BCUT2D eigenvalue weighted by Crippen LogP contribution is 2.31. The first-order valence-electron chi connectivity index (χ1n) is 5.67. The Morgan fingerprint density at radius 1 is 1.44 bits per heavy atom. The minimum Gasteiger partial charge on any atom is -0.367 e. The molecular formula is C10H15N3O2S. The second-order valence-electron chi connectivity index (χ2n) is 4.11. The van der Waals surface area contributed by atoms with Crippen LogP contribution in [0.4, 0.5) is 0 Å². The Balaban J connectivity index is 1.71. The average Bonchev–Trinajstić information content (AvgIpc) is 3.01. The van der Waals surface area contributed by atoms with Crippen LogP contribution in [0.25, 0.3) is 0 Å². The van der Waals surface area contributed by atoms with Gasteiger partial charge in [-0.2, -0.15) is 16.7 Å². The lowest BCUT2D eigenvalue weighted by molar-refractivity contribution is 0.0208. The van der Waals surface area contributed by atoms with E-state index in [4.69, 9.17) is 9.26 Å². The Morgan fingerprint density at radius 3 is 3.19 bits per heavy atom. The van der Waals surface area contributed by atoms with Crippen molar-refractivity contribution in [2.24, 2.45) is 0 Å². The second-order valence-corrected chi connectivity index (χ2v) is 5.26. The van der Waals surface area contributed by atoms with Crippen molar-refractivity contribution in [3.05, 3.63) is 11.7 Å². The molecule has 2 fully saturated rings. The maximum absolute atomic E-state index is 5.59. The predicted molar refractivity (Wildman–Crippen MR) is 60.5 cm³/mol. The number of morpholine rings is 1. The van der Waals surface area contributed by atoms with Gasteiger partial charge in [-0.25, -0.2) is 0 Å². The number of nitrogens with one attached hydrogen (secondary N) is 1. The maximum atomic E-state index is 5.59. The highest BCUT2D eigenvalue weighted by Gasteiger charge is 2.26. The standard InChI is InChI=1S/C10H15N3O2S/c1-4-16-6-7(1)10-12-9(13-15-10)8-5-11-2-3-14-8/h7-8,11H,1-6H2. The van der Waals surface area contributed by atoms with Crippen molar-refractivity contribution in [3.8, 4) is 0 Å². The quantitative estimate of drug-likeness (QED) is 0.832. The molecule has 0 spiro atoms. The summed E-state index contributed by atoms with van der Waals surface area (Å²) in [5.74, 6) is 4.23. The number of aromatic nitrogens is 2. The number of rotatable bonds is 2. The van der Waals surface area contributed by atoms with Crippen molar-refractivity contribution in [2.45, 2.75) is 18.4 Å². The SMILES string of the molecule is C1COC(c2noc(C3CCSC3)n2)CN1. The van der Waals surface area contributed by atoms with Crippen molar-refractivity contribution in [1.29, 1.82) is 0 Å². The Hall–Kier alpha value is -0.590. The Morgan fingerprint density at radius 2 is 2.44 bits per heavy atom. The van der Waals surface area contributed by atoms with Crippen molar-refractivity contribution < 1.29 is 9.26 Å². The molecule has 1 N–H and O–H groups in total. The lowest BCUT2D eigenvalue weighted by atomic mass is 10.1. The lowest BCUT2D eigenvalue weighted by Gasteiger charge is -2.20. The van der Waals surface area contributed by atoms with E-state index >= 15 is 0 Å². The Bertz CT molecular complexity index is 346. The average molecular weight is 241 g/mol. The molecule has 2 unspecified atom stereocenters. The molecule has 0 radical (unpaired) electrons. The molecule has 88 valence electrons. The number of nitrogens with zero attached hydrogens (tertiary/aromatic N) is 2. The molecule has 2 atom stereocenters. The van der Waals surface area contributed by atoms with Crippen LogP contribution in [-0.2, 0) is 4.74 Å². The highest BCUT2D eigenvalue weighted by atomic mass is 32.2. The summed E-state index contributed by atoms with van der Waals surface area (Å²) in [7, 11) is 0. The van der Waals surface area contributed by atoms with Gasteiger partial charge in [0, 0.05) is 24.8 Å². The Kier molecular flexibility index (Phi) is 3.12. The van der Waals surface area contributed by atoms with E-state index in [1.54, 1.807) is 0 Å². The van der Waals surface area contributed by atoms with Crippen LogP contribution in [-0.4, -0.2) is 41.3 Å². The molecule has 16 heavy (non-hydrogen) atoms. The van der Waals surface area contributed by atoms with Crippen LogP contribution < -0.4 is 5.32 Å². The number of thioether (sulfide) groups is 1. The predicted octanol–water partition coefficient (Wildman–Crippen LogP) is 0.951. The fourth-order valence-electron chi connectivity index (χ4n) is 2.00. The summed E-state index contributed by atoms with van der Waals surface area (Å²) in [5, 5.41) is 7.29. The first-order valence-corrected chi connectivity index (χ1v) is 6.82. The van der Waals surface area contributed by atoms with Gasteiger partial charge in [-0.1, -0.05) is 5.16 Å². The highest BCUT2D eigenvalue weighted by molar-refractivity contribution is 7.99. The molecule has 1 aromatic heterocycles. The van der Waals surface area contributed by atoms with Crippen LogP contribution in [0, 0.1) is 0 Å². The van der Waals surface area contributed by atoms with Crippen LogP contribution >= 0.6 is 11.8 Å². The zero-order valence-corrected chi connectivity index (χ0v) is 9.83. The minimum absolute atomic E-state index is 0.0414. The maximum Gasteiger partial charge on any atom is 0.230 e. The van der Waals surface area contributed by atoms with Gasteiger partial charge in [0.15, 0.2) is 0 Å². The van der Waals surface area contributed by atoms with E-state index in [1.807, 2.05) is 11.8 Å². The monoisotopic (exact) mass is 241 g/mol. The molecule has 5 nitrogen and oxygen atoms in total. The fraction of sp³-hybridized carbons (Fsp3) is 0.800. The molecule has 3 rings (SSSR count). The lowest BCUT2D eigenvalue weighted by Crippen LogP contribution is -2.33. The number of hydrogen-bond donors (Lipinski definition) is 1. The fourth-order valence-corrected chi connectivity index (χ4v) is 3.22. The van der Waals surface area contributed by atoms with Gasteiger partial charge in [0.1, 0.15) is 6.10 Å². The smallest absolute Gasteiger partial charge is 0.230 e. The zero-order valence-electron chi connectivity index (χ0n) is 9.02. The van der Waals surface area contributed by atoms with E-state index < -0.39 is 0 Å². The summed E-state index contributed by atoms with van der Waals surface area (Å²) in [6, 6.07) is 0. The summed E-state index contributed by atoms with van der Waals surface area (Å²) in [6.45, 7) is 2.40. The van der Waals surface area contributed by atoms with Crippen LogP contribution in [0.1, 0.15) is 30.2 Å². The molecule has 1 aromatic rings. The molecule has 0 aromatic carbocycles. The molecule has 0 amide bonds. The molecular weight excluding hydrogens is 226 g/mol. The van der Waals surface area contributed by atoms with Gasteiger partial charge in [0.25, 0.3) is 0 Å². The van der Waals surface area contributed by atoms with Gasteiger partial charge in [-0.15, -0.1) is 0 Å². The third kappa shape index (κ3) is 2.09. The van der Waals surface area contributed by atoms with Crippen molar-refractivity contribution in [3.63, 3.8) is 0 Å². The van der Waals surface area contributed by atoms with Crippen LogP contribution in [0.15, 0.2) is 4.52 Å². The summed E-state index contributed by atoms with van der Waals surface area (Å²) in [5.41, 5.74) is 0. The first-order chi connectivity index (χ1) is 7.93. The number of hydrogen-bond acceptors (Lipinski definition) is 6. The second kappa shape index (κ2) is 4.73. The molecule has 6 heteroatoms. The van der Waals surface area contributed by atoms with Crippen LogP contribution in [0.3, 0.4) is 0 Å². The van der Waals surface area contributed by atoms with Gasteiger partial charge in [-0.3, -0.25) is 0 Å². The first kappa shape index (κ1) is 10.6. The van der Waals surface area contributed by atoms with Gasteiger partial charge in [0.05, 0.1) is 6.61 Å². The van der Waals surface area contributed by atoms with Gasteiger partial charge in [0.2, 0.25) is 11.7 Å². The molecule has 0 bridgehead atoms. The van der Waals surface area contributed by atoms with E-state index in [1.165, 1.54) is 5.75 Å². The van der Waals surface area contributed by atoms with Crippen molar-refractivity contribution in [1.82, 2.24) is 15.5 Å². The van der Waals surface area contributed by atoms with E-state index in [0.717, 1.165) is 31.2 Å². The van der Waals surface area contributed by atoms with E-state index in [0.29, 0.717) is 18.3 Å². The normalized spacial score (nSPS) is 30.8. The molecule has 2 aliphatic heterocycles. The molecule has 0 aliphatic carbocycles. The van der Waals surface area contributed by atoms with E-state index in [9.17, 15) is 0 Å². The third-order valence-electron chi connectivity index (χ3n) is 2.95. The molecule has 2 saturated heterocycles. The largest absolute Gasteiger partial charge is 0.367 e. The summed E-state index contributed by atoms with van der Waals surface area (Å²) in [4.78, 5) is 4.46. The van der Waals surface area contributed by atoms with Crippen molar-refractivity contribution in [2.75, 3.05) is 31.2 Å². The Labute approximate surface area is 98.3 Å². The van der Waals surface area contributed by atoms with E-state index in [2.05, 4.69) is 15.5 Å². The van der Waals surface area contributed by atoms with Crippen molar-refractivity contribution >= 4 is 11.8 Å². The van der Waals surface area contributed by atoms with Crippen LogP contribution in [0.2, 0.25) is 0 Å².